The Morgan fingerprint density at radius 1 is 1.00 bits per heavy atom. The number of amides is 2. The van der Waals surface area contributed by atoms with E-state index >= 15 is 0 Å². The van der Waals surface area contributed by atoms with Gasteiger partial charge in [-0.05, 0) is 24.1 Å². The van der Waals surface area contributed by atoms with Crippen molar-refractivity contribution in [3.8, 4) is 11.1 Å². The van der Waals surface area contributed by atoms with Crippen molar-refractivity contribution in [1.82, 2.24) is 9.88 Å². The first-order valence-corrected chi connectivity index (χ1v) is 11.4. The van der Waals surface area contributed by atoms with E-state index in [1.165, 1.54) is 22.7 Å². The van der Waals surface area contributed by atoms with Crippen LogP contribution >= 0.6 is 0 Å². The number of aromatic nitrogens is 1. The fourth-order valence-electron chi connectivity index (χ4n) is 4.76. The van der Waals surface area contributed by atoms with Gasteiger partial charge < -0.3 is 15.1 Å². The van der Waals surface area contributed by atoms with Crippen molar-refractivity contribution in [1.29, 1.82) is 0 Å². The number of carbonyl (C=O) groups is 1. The van der Waals surface area contributed by atoms with E-state index in [4.69, 9.17) is 0 Å². The predicted molar refractivity (Wildman–Crippen MR) is 126 cm³/mol. The number of pyridine rings is 1. The lowest BCUT2D eigenvalue weighted by Gasteiger charge is -2.25. The molecule has 176 valence electrons. The third kappa shape index (κ3) is 4.44. The van der Waals surface area contributed by atoms with E-state index in [0.717, 1.165) is 6.42 Å². The molecule has 0 spiro atoms. The number of urea groups is 1. The zero-order valence-electron chi connectivity index (χ0n) is 18.6. The van der Waals surface area contributed by atoms with Gasteiger partial charge in [-0.2, -0.15) is 0 Å². The Kier molecular flexibility index (Phi) is 5.89. The normalized spacial score (nSPS) is 19.4. The molecule has 0 radical (unpaired) electrons. The van der Waals surface area contributed by atoms with Crippen LogP contribution in [0.1, 0.15) is 24.3 Å². The minimum Gasteiger partial charge on any atom is -0.349 e. The van der Waals surface area contributed by atoms with Crippen LogP contribution in [0.3, 0.4) is 0 Å². The van der Waals surface area contributed by atoms with E-state index in [0.29, 0.717) is 18.7 Å². The number of likely N-dealkylation sites (tertiary alicyclic amines) is 1. The molecule has 0 bridgehead atoms. The topological polar surface area (TPSA) is 48.5 Å². The lowest BCUT2D eigenvalue weighted by Crippen LogP contribution is -2.34. The second-order valence-electron chi connectivity index (χ2n) is 8.84. The smallest absolute Gasteiger partial charge is 0.321 e. The molecule has 2 aliphatic heterocycles. The molecular formula is C26H25F3N4O. The molecule has 5 rings (SSSR count). The summed E-state index contributed by atoms with van der Waals surface area (Å²) in [6.45, 7) is 0.715. The number of carbonyl (C=O) groups excluding carboxylic acids is 1. The highest BCUT2D eigenvalue weighted by molar-refractivity contribution is 5.99. The van der Waals surface area contributed by atoms with Gasteiger partial charge in [0.2, 0.25) is 0 Å². The first kappa shape index (κ1) is 22.3. The van der Waals surface area contributed by atoms with Crippen LogP contribution < -0.4 is 10.2 Å². The summed E-state index contributed by atoms with van der Waals surface area (Å²) < 4.78 is 42.7. The summed E-state index contributed by atoms with van der Waals surface area (Å²) in [6.07, 6.45) is 2.00. The van der Waals surface area contributed by atoms with E-state index < -0.39 is 18.3 Å². The average Bonchev–Trinajstić information content (AvgIpc) is 3.47. The summed E-state index contributed by atoms with van der Waals surface area (Å²) >= 11 is 0. The Bertz CT molecular complexity index is 1190. The Morgan fingerprint density at radius 2 is 1.76 bits per heavy atom. The number of alkyl halides is 2. The molecule has 5 nitrogen and oxygen atoms in total. The molecular weight excluding hydrogens is 441 g/mol. The second-order valence-corrected chi connectivity index (χ2v) is 8.84. The molecule has 1 N–H and O–H groups in total. The van der Waals surface area contributed by atoms with Crippen molar-refractivity contribution in [2.75, 3.05) is 36.4 Å². The monoisotopic (exact) mass is 466 g/mol. The largest absolute Gasteiger partial charge is 0.349 e. The molecule has 3 aromatic rings. The maximum absolute atomic E-state index is 14.7. The molecule has 2 fully saturated rings. The molecule has 1 unspecified atom stereocenters. The molecule has 2 aliphatic rings. The van der Waals surface area contributed by atoms with Gasteiger partial charge in [0.05, 0.1) is 12.2 Å². The van der Waals surface area contributed by atoms with Crippen LogP contribution in [0, 0.1) is 5.82 Å². The predicted octanol–water partition coefficient (Wildman–Crippen LogP) is 5.75. The molecule has 0 saturated carbocycles. The van der Waals surface area contributed by atoms with Crippen LogP contribution in [-0.4, -0.2) is 48.0 Å². The zero-order valence-corrected chi connectivity index (χ0v) is 18.6. The number of anilines is 2. The summed E-state index contributed by atoms with van der Waals surface area (Å²) in [4.78, 5) is 20.8. The molecule has 2 aromatic carbocycles. The highest BCUT2D eigenvalue weighted by atomic mass is 19.3. The Balaban J connectivity index is 1.46. The molecule has 3 heterocycles. The van der Waals surface area contributed by atoms with Crippen LogP contribution in [0.2, 0.25) is 0 Å². The highest BCUT2D eigenvalue weighted by Gasteiger charge is 2.40. The number of rotatable bonds is 4. The molecule has 0 aliphatic carbocycles. The van der Waals surface area contributed by atoms with Gasteiger partial charge in [-0.1, -0.05) is 48.5 Å². The van der Waals surface area contributed by atoms with Crippen LogP contribution in [0.25, 0.3) is 11.1 Å². The van der Waals surface area contributed by atoms with Crippen molar-refractivity contribution in [3.05, 3.63) is 78.2 Å². The van der Waals surface area contributed by atoms with Gasteiger partial charge in [0.1, 0.15) is 5.82 Å². The van der Waals surface area contributed by atoms with Crippen LogP contribution in [0.5, 0.6) is 0 Å². The number of nitrogens with zero attached hydrogens (tertiary/aromatic N) is 3. The maximum atomic E-state index is 14.7. The van der Waals surface area contributed by atoms with Gasteiger partial charge >= 0.3 is 6.03 Å². The van der Waals surface area contributed by atoms with Crippen LogP contribution in [-0.2, 0) is 0 Å². The van der Waals surface area contributed by atoms with E-state index in [1.807, 2.05) is 18.2 Å². The molecule has 8 heteroatoms. The fourth-order valence-corrected chi connectivity index (χ4v) is 4.76. The quantitative estimate of drug-likeness (QED) is 0.532. The number of nitrogens with one attached hydrogen (secondary N) is 1. The third-order valence-electron chi connectivity index (χ3n) is 6.54. The van der Waals surface area contributed by atoms with Crippen LogP contribution in [0.4, 0.5) is 29.5 Å². The zero-order chi connectivity index (χ0) is 23.7. The molecule has 1 atom stereocenters. The summed E-state index contributed by atoms with van der Waals surface area (Å²) in [5, 5.41) is 2.89. The number of hydrogen-bond acceptors (Lipinski definition) is 3. The van der Waals surface area contributed by atoms with Gasteiger partial charge in [0.15, 0.2) is 5.82 Å². The van der Waals surface area contributed by atoms with Gasteiger partial charge in [-0.25, -0.2) is 22.9 Å². The van der Waals surface area contributed by atoms with Crippen molar-refractivity contribution in [2.45, 2.75) is 24.7 Å². The Hall–Kier alpha value is -3.55. The second kappa shape index (κ2) is 9.00. The molecule has 1 aromatic heterocycles. The SMILES string of the molecule is O=C(Nc1c(-c2ccccc2F)ccnc1N1CCC(F)(F)C1)N1CCC(c2ccccc2)C1. The first-order valence-electron chi connectivity index (χ1n) is 11.4. The lowest BCUT2D eigenvalue weighted by molar-refractivity contribution is 0.0257. The van der Waals surface area contributed by atoms with E-state index in [-0.39, 0.29) is 42.0 Å². The summed E-state index contributed by atoms with van der Waals surface area (Å²) in [5.41, 5.74) is 2.10. The van der Waals surface area contributed by atoms with Gasteiger partial charge in [-0.15, -0.1) is 0 Å². The van der Waals surface area contributed by atoms with Crippen molar-refractivity contribution in [3.63, 3.8) is 0 Å². The Labute approximate surface area is 196 Å². The number of halogens is 3. The van der Waals surface area contributed by atoms with E-state index in [2.05, 4.69) is 22.4 Å². The van der Waals surface area contributed by atoms with Crippen LogP contribution in [0.15, 0.2) is 66.9 Å². The maximum Gasteiger partial charge on any atom is 0.321 e. The van der Waals surface area contributed by atoms with Gasteiger partial charge in [0.25, 0.3) is 5.92 Å². The van der Waals surface area contributed by atoms with Gasteiger partial charge in [-0.3, -0.25) is 0 Å². The third-order valence-corrected chi connectivity index (χ3v) is 6.54. The summed E-state index contributed by atoms with van der Waals surface area (Å²) in [7, 11) is 0. The number of benzene rings is 2. The summed E-state index contributed by atoms with van der Waals surface area (Å²) in [6, 6.07) is 17.5. The molecule has 34 heavy (non-hydrogen) atoms. The summed E-state index contributed by atoms with van der Waals surface area (Å²) in [5.74, 6) is -2.85. The van der Waals surface area contributed by atoms with Gasteiger partial charge in [0, 0.05) is 49.3 Å². The Morgan fingerprint density at radius 3 is 2.50 bits per heavy atom. The first-order chi connectivity index (χ1) is 16.4. The van der Waals surface area contributed by atoms with E-state index in [1.54, 1.807) is 29.2 Å². The lowest BCUT2D eigenvalue weighted by atomic mass is 9.99. The fraction of sp³-hybridized carbons (Fsp3) is 0.308. The minimum absolute atomic E-state index is 0.101. The van der Waals surface area contributed by atoms with Crippen molar-refractivity contribution >= 4 is 17.5 Å². The standard InChI is InChI=1S/C26H25F3N4O/c27-22-9-5-4-8-20(22)21-10-13-30-24(33-15-12-26(28,29)17-33)23(21)31-25(34)32-14-11-19(16-32)18-6-2-1-3-7-18/h1-10,13,19H,11-12,14-17H2,(H,31,34). The van der Waals surface area contributed by atoms with Crippen molar-refractivity contribution < 1.29 is 18.0 Å². The number of hydrogen-bond donors (Lipinski definition) is 1. The van der Waals surface area contributed by atoms with E-state index in [9.17, 15) is 18.0 Å². The molecule has 2 saturated heterocycles. The highest BCUT2D eigenvalue weighted by Crippen LogP contribution is 2.40. The molecule has 2 amide bonds. The minimum atomic E-state index is -2.84. The average molecular weight is 467 g/mol. The van der Waals surface area contributed by atoms with Crippen molar-refractivity contribution in [2.24, 2.45) is 0 Å².